The molecule has 0 aromatic heterocycles. The average Bonchev–Trinajstić information content (AvgIpc) is 2.83. The molecular formula is C27H36N2O4. The fraction of sp³-hybridized carbons (Fsp3) is 0.481. The van der Waals surface area contributed by atoms with E-state index in [-0.39, 0.29) is 11.8 Å². The number of aryl methyl sites for hydroxylation is 2. The van der Waals surface area contributed by atoms with Crippen LogP contribution in [0.3, 0.4) is 0 Å². The maximum absolute atomic E-state index is 13.4. The molecule has 0 unspecified atom stereocenters. The largest absolute Gasteiger partial charge is 0.486 e. The van der Waals surface area contributed by atoms with Crippen molar-refractivity contribution >= 4 is 11.8 Å². The fourth-order valence-corrected chi connectivity index (χ4v) is 3.95. The highest BCUT2D eigenvalue weighted by molar-refractivity contribution is 5.87. The fourth-order valence-electron chi connectivity index (χ4n) is 3.95. The summed E-state index contributed by atoms with van der Waals surface area (Å²) < 4.78 is 11.3. The molecule has 1 aliphatic rings. The van der Waals surface area contributed by atoms with Crippen LogP contribution in [0.25, 0.3) is 0 Å². The van der Waals surface area contributed by atoms with Crippen molar-refractivity contribution in [1.29, 1.82) is 0 Å². The van der Waals surface area contributed by atoms with E-state index in [1.807, 2.05) is 56.3 Å². The number of rotatable bonds is 11. The lowest BCUT2D eigenvalue weighted by Crippen LogP contribution is -2.49. The van der Waals surface area contributed by atoms with E-state index in [2.05, 4.69) is 12.2 Å². The van der Waals surface area contributed by atoms with Crippen LogP contribution in [0, 0.1) is 6.92 Å². The summed E-state index contributed by atoms with van der Waals surface area (Å²) in [7, 11) is 0. The van der Waals surface area contributed by atoms with E-state index < -0.39 is 6.04 Å². The van der Waals surface area contributed by atoms with E-state index in [9.17, 15) is 9.59 Å². The number of carbonyl (C=O) groups excluding carboxylic acids is 2. The number of benzene rings is 2. The number of hydrogen-bond acceptors (Lipinski definition) is 4. The van der Waals surface area contributed by atoms with Crippen molar-refractivity contribution in [3.8, 4) is 11.5 Å². The van der Waals surface area contributed by atoms with Crippen LogP contribution in [-0.4, -0.2) is 42.5 Å². The molecule has 6 heteroatoms. The molecule has 2 aromatic carbocycles. The topological polar surface area (TPSA) is 67.9 Å². The third-order valence-electron chi connectivity index (χ3n) is 5.92. The summed E-state index contributed by atoms with van der Waals surface area (Å²) in [5.41, 5.74) is 3.20. The van der Waals surface area contributed by atoms with E-state index in [0.29, 0.717) is 45.6 Å². The molecule has 0 saturated carbocycles. The van der Waals surface area contributed by atoms with Crippen LogP contribution in [0.2, 0.25) is 0 Å². The highest BCUT2D eigenvalue weighted by Gasteiger charge is 2.28. The van der Waals surface area contributed by atoms with Gasteiger partial charge in [0.25, 0.3) is 0 Å². The summed E-state index contributed by atoms with van der Waals surface area (Å²) >= 11 is 0. The Bertz CT molecular complexity index is 926. The Kier molecular flexibility index (Phi) is 9.16. The second kappa shape index (κ2) is 12.3. The van der Waals surface area contributed by atoms with Crippen molar-refractivity contribution in [1.82, 2.24) is 10.2 Å². The molecule has 3 rings (SSSR count). The first kappa shape index (κ1) is 24.6. The van der Waals surface area contributed by atoms with Gasteiger partial charge in [-0.25, -0.2) is 0 Å². The van der Waals surface area contributed by atoms with Crippen LogP contribution in [0.4, 0.5) is 0 Å². The van der Waals surface area contributed by atoms with Crippen LogP contribution < -0.4 is 14.8 Å². The van der Waals surface area contributed by atoms with Crippen LogP contribution in [0.5, 0.6) is 11.5 Å². The van der Waals surface area contributed by atoms with Crippen LogP contribution in [0.1, 0.15) is 56.2 Å². The minimum Gasteiger partial charge on any atom is -0.486 e. The average molecular weight is 453 g/mol. The highest BCUT2D eigenvalue weighted by atomic mass is 16.6. The molecule has 0 bridgehead atoms. The Morgan fingerprint density at radius 3 is 2.39 bits per heavy atom. The van der Waals surface area contributed by atoms with Crippen molar-refractivity contribution in [2.24, 2.45) is 0 Å². The summed E-state index contributed by atoms with van der Waals surface area (Å²) in [5.74, 6) is 1.37. The van der Waals surface area contributed by atoms with E-state index in [1.165, 1.54) is 5.56 Å². The lowest BCUT2D eigenvalue weighted by atomic mass is 10.0. The SMILES string of the molecule is CCCCNC(=O)[C@H](CC)N(Cc1ccc(C)cc1)C(=O)CCc1ccc2c(c1)OCCO2. The zero-order valence-electron chi connectivity index (χ0n) is 20.1. The minimum atomic E-state index is -0.490. The molecule has 178 valence electrons. The van der Waals surface area contributed by atoms with Gasteiger partial charge in [0.05, 0.1) is 0 Å². The lowest BCUT2D eigenvalue weighted by molar-refractivity contribution is -0.141. The molecule has 2 aromatic rings. The summed E-state index contributed by atoms with van der Waals surface area (Å²) in [6.45, 7) is 8.23. The normalized spacial score (nSPS) is 13.3. The minimum absolute atomic E-state index is 0.0250. The van der Waals surface area contributed by atoms with E-state index in [1.54, 1.807) is 4.90 Å². The standard InChI is InChI=1S/C27H36N2O4/c1-4-6-15-28-27(31)23(5-2)29(19-22-9-7-20(3)8-10-22)26(30)14-12-21-11-13-24-25(18-21)33-17-16-32-24/h7-11,13,18,23H,4-6,12,14-17,19H2,1-3H3,(H,28,31)/t23-/m0/s1. The van der Waals surface area contributed by atoms with Gasteiger partial charge in [0.1, 0.15) is 19.3 Å². The number of fused-ring (bicyclic) bond motifs is 1. The third kappa shape index (κ3) is 6.98. The van der Waals surface area contributed by atoms with Gasteiger partial charge in [-0.2, -0.15) is 0 Å². The summed E-state index contributed by atoms with van der Waals surface area (Å²) in [6.07, 6.45) is 3.41. The molecule has 1 atom stereocenters. The van der Waals surface area contributed by atoms with Crippen molar-refractivity contribution < 1.29 is 19.1 Å². The number of amides is 2. The van der Waals surface area contributed by atoms with Gasteiger partial charge < -0.3 is 19.7 Å². The molecule has 0 spiro atoms. The Morgan fingerprint density at radius 2 is 1.70 bits per heavy atom. The second-order valence-electron chi connectivity index (χ2n) is 8.55. The van der Waals surface area contributed by atoms with Gasteiger partial charge in [0.2, 0.25) is 11.8 Å². The molecule has 1 heterocycles. The van der Waals surface area contributed by atoms with Gasteiger partial charge in [-0.3, -0.25) is 9.59 Å². The number of hydrogen-bond donors (Lipinski definition) is 1. The first-order valence-electron chi connectivity index (χ1n) is 12.0. The van der Waals surface area contributed by atoms with Gasteiger partial charge in [0.15, 0.2) is 11.5 Å². The van der Waals surface area contributed by atoms with Crippen LogP contribution in [0.15, 0.2) is 42.5 Å². The monoisotopic (exact) mass is 452 g/mol. The molecule has 1 N–H and O–H groups in total. The van der Waals surface area contributed by atoms with Gasteiger partial charge >= 0.3 is 0 Å². The van der Waals surface area contributed by atoms with Crippen molar-refractivity contribution in [3.63, 3.8) is 0 Å². The van der Waals surface area contributed by atoms with Gasteiger partial charge in [-0.05, 0) is 49.4 Å². The van der Waals surface area contributed by atoms with Crippen molar-refractivity contribution in [2.75, 3.05) is 19.8 Å². The molecule has 33 heavy (non-hydrogen) atoms. The Morgan fingerprint density at radius 1 is 1.00 bits per heavy atom. The summed E-state index contributed by atoms with van der Waals surface area (Å²) in [6, 6.07) is 13.5. The third-order valence-corrected chi connectivity index (χ3v) is 5.92. The molecule has 0 fully saturated rings. The molecule has 1 aliphatic heterocycles. The second-order valence-corrected chi connectivity index (χ2v) is 8.55. The molecular weight excluding hydrogens is 416 g/mol. The lowest BCUT2D eigenvalue weighted by Gasteiger charge is -2.31. The number of nitrogens with zero attached hydrogens (tertiary/aromatic N) is 1. The summed E-state index contributed by atoms with van der Waals surface area (Å²) in [5, 5.41) is 3.01. The van der Waals surface area contributed by atoms with E-state index in [0.717, 1.165) is 35.5 Å². The van der Waals surface area contributed by atoms with Crippen molar-refractivity contribution in [2.45, 2.75) is 65.5 Å². The van der Waals surface area contributed by atoms with Gasteiger partial charge in [0, 0.05) is 19.5 Å². The van der Waals surface area contributed by atoms with Crippen LogP contribution >= 0.6 is 0 Å². The number of carbonyl (C=O) groups is 2. The van der Waals surface area contributed by atoms with Gasteiger partial charge in [-0.1, -0.05) is 56.2 Å². The van der Waals surface area contributed by atoms with Crippen LogP contribution in [-0.2, 0) is 22.6 Å². The Hall–Kier alpha value is -3.02. The Balaban J connectivity index is 1.72. The number of nitrogens with one attached hydrogen (secondary N) is 1. The predicted octanol–water partition coefficient (Wildman–Crippen LogP) is 4.42. The zero-order chi connectivity index (χ0) is 23.6. The molecule has 6 nitrogen and oxygen atoms in total. The first-order valence-corrected chi connectivity index (χ1v) is 12.0. The molecule has 0 aliphatic carbocycles. The maximum atomic E-state index is 13.4. The highest BCUT2D eigenvalue weighted by Crippen LogP contribution is 2.31. The smallest absolute Gasteiger partial charge is 0.242 e. The van der Waals surface area contributed by atoms with Gasteiger partial charge in [-0.15, -0.1) is 0 Å². The van der Waals surface area contributed by atoms with E-state index >= 15 is 0 Å². The summed E-state index contributed by atoms with van der Waals surface area (Å²) in [4.78, 5) is 28.1. The Labute approximate surface area is 197 Å². The maximum Gasteiger partial charge on any atom is 0.242 e. The zero-order valence-corrected chi connectivity index (χ0v) is 20.1. The molecule has 2 amide bonds. The van der Waals surface area contributed by atoms with Crippen molar-refractivity contribution in [3.05, 3.63) is 59.2 Å². The molecule has 0 radical (unpaired) electrons. The van der Waals surface area contributed by atoms with E-state index in [4.69, 9.17) is 9.47 Å². The first-order chi connectivity index (χ1) is 16.0. The molecule has 0 saturated heterocycles. The quantitative estimate of drug-likeness (QED) is 0.513. The predicted molar refractivity (Wildman–Crippen MR) is 129 cm³/mol. The number of unbranched alkanes of at least 4 members (excludes halogenated alkanes) is 1. The number of ether oxygens (including phenoxy) is 2.